The maximum Gasteiger partial charge on any atom is 0.303 e. The summed E-state index contributed by atoms with van der Waals surface area (Å²) in [6.45, 7) is 0. The molecule has 1 atom stereocenters. The molecular formula is C24H22O3. The molecule has 0 aliphatic heterocycles. The van der Waals surface area contributed by atoms with E-state index < -0.39 is 5.97 Å². The highest BCUT2D eigenvalue weighted by molar-refractivity contribution is 5.70. The Labute approximate surface area is 159 Å². The number of aryl methyl sites for hydroxylation is 1. The number of hydrogen-bond donors (Lipinski definition) is 1. The Morgan fingerprint density at radius 1 is 0.963 bits per heavy atom. The Hall–Kier alpha value is -3.07. The van der Waals surface area contributed by atoms with Gasteiger partial charge in [0.1, 0.15) is 11.9 Å². The lowest BCUT2D eigenvalue weighted by Gasteiger charge is -2.16. The van der Waals surface area contributed by atoms with Gasteiger partial charge in [0.25, 0.3) is 0 Å². The zero-order valence-electron chi connectivity index (χ0n) is 15.1. The fourth-order valence-electron chi connectivity index (χ4n) is 3.78. The molecule has 0 bridgehead atoms. The van der Waals surface area contributed by atoms with Crippen LogP contribution in [0.4, 0.5) is 0 Å². The van der Waals surface area contributed by atoms with Gasteiger partial charge in [-0.15, -0.1) is 0 Å². The van der Waals surface area contributed by atoms with Crippen molar-refractivity contribution in [2.24, 2.45) is 0 Å². The lowest BCUT2D eigenvalue weighted by atomic mass is 9.97. The molecule has 0 aromatic heterocycles. The van der Waals surface area contributed by atoms with E-state index in [4.69, 9.17) is 9.84 Å². The molecule has 4 rings (SSSR count). The van der Waals surface area contributed by atoms with E-state index >= 15 is 0 Å². The zero-order chi connectivity index (χ0) is 18.6. The molecule has 0 amide bonds. The normalized spacial score (nSPS) is 15.3. The van der Waals surface area contributed by atoms with Crippen molar-refractivity contribution in [2.45, 2.75) is 31.8 Å². The van der Waals surface area contributed by atoms with Crippen LogP contribution in [0.1, 0.15) is 35.6 Å². The summed E-state index contributed by atoms with van der Waals surface area (Å²) in [5.41, 5.74) is 6.21. The van der Waals surface area contributed by atoms with Gasteiger partial charge in [-0.2, -0.15) is 0 Å². The SMILES string of the molecule is O=C(O)CCc1ccc(OC2CCc3c(-c4ccccc4)cccc32)cc1. The molecule has 3 heteroatoms. The summed E-state index contributed by atoms with van der Waals surface area (Å²) in [5.74, 6) is 0.0594. The summed E-state index contributed by atoms with van der Waals surface area (Å²) in [6, 6.07) is 24.7. The van der Waals surface area contributed by atoms with Crippen LogP contribution in [0.25, 0.3) is 11.1 Å². The van der Waals surface area contributed by atoms with Gasteiger partial charge >= 0.3 is 5.97 Å². The highest BCUT2D eigenvalue weighted by atomic mass is 16.5. The molecule has 1 unspecified atom stereocenters. The monoisotopic (exact) mass is 358 g/mol. The summed E-state index contributed by atoms with van der Waals surface area (Å²) in [4.78, 5) is 10.7. The molecule has 0 saturated carbocycles. The topological polar surface area (TPSA) is 46.5 Å². The third-order valence-electron chi connectivity index (χ3n) is 5.13. The number of fused-ring (bicyclic) bond motifs is 1. The van der Waals surface area contributed by atoms with Crippen molar-refractivity contribution in [1.29, 1.82) is 0 Å². The van der Waals surface area contributed by atoms with E-state index in [1.807, 2.05) is 30.3 Å². The molecular weight excluding hydrogens is 336 g/mol. The van der Waals surface area contributed by atoms with Gasteiger partial charge in [0.15, 0.2) is 0 Å². The Bertz CT molecular complexity index is 930. The second kappa shape index (κ2) is 7.67. The summed E-state index contributed by atoms with van der Waals surface area (Å²) in [7, 11) is 0. The fourth-order valence-corrected chi connectivity index (χ4v) is 3.78. The van der Waals surface area contributed by atoms with Crippen molar-refractivity contribution in [1.82, 2.24) is 0 Å². The minimum absolute atomic E-state index is 0.0635. The number of benzene rings is 3. The molecule has 27 heavy (non-hydrogen) atoms. The standard InChI is InChI=1S/C24H22O3/c25-24(26)16-11-17-9-12-19(13-10-17)27-23-15-14-21-20(7-4-8-22(21)23)18-5-2-1-3-6-18/h1-10,12-13,23H,11,14-16H2,(H,25,26). The van der Waals surface area contributed by atoms with Gasteiger partial charge < -0.3 is 9.84 Å². The van der Waals surface area contributed by atoms with E-state index in [0.29, 0.717) is 6.42 Å². The second-order valence-electron chi connectivity index (χ2n) is 6.92. The molecule has 1 N–H and O–H groups in total. The number of carbonyl (C=O) groups is 1. The van der Waals surface area contributed by atoms with Crippen LogP contribution < -0.4 is 4.74 Å². The van der Waals surface area contributed by atoms with E-state index in [-0.39, 0.29) is 12.5 Å². The first-order chi connectivity index (χ1) is 13.2. The predicted octanol–water partition coefficient (Wildman–Crippen LogP) is 5.44. The summed E-state index contributed by atoms with van der Waals surface area (Å²) in [6.07, 6.45) is 2.75. The van der Waals surface area contributed by atoms with Gasteiger partial charge in [0, 0.05) is 6.42 Å². The van der Waals surface area contributed by atoms with E-state index in [9.17, 15) is 4.79 Å². The number of aliphatic carboxylic acids is 1. The minimum atomic E-state index is -0.771. The summed E-state index contributed by atoms with van der Waals surface area (Å²) >= 11 is 0. The van der Waals surface area contributed by atoms with Crippen LogP contribution >= 0.6 is 0 Å². The number of hydrogen-bond acceptors (Lipinski definition) is 2. The van der Waals surface area contributed by atoms with E-state index in [2.05, 4.69) is 42.5 Å². The maximum absolute atomic E-state index is 10.7. The molecule has 0 heterocycles. The maximum atomic E-state index is 10.7. The molecule has 1 aliphatic rings. The summed E-state index contributed by atoms with van der Waals surface area (Å²) < 4.78 is 6.26. The van der Waals surface area contributed by atoms with Crippen molar-refractivity contribution in [3.8, 4) is 16.9 Å². The zero-order valence-corrected chi connectivity index (χ0v) is 15.1. The quantitative estimate of drug-likeness (QED) is 0.638. The molecule has 0 radical (unpaired) electrons. The number of carboxylic acid groups (broad SMARTS) is 1. The predicted molar refractivity (Wildman–Crippen MR) is 106 cm³/mol. The van der Waals surface area contributed by atoms with Crippen LogP contribution in [-0.2, 0) is 17.6 Å². The first-order valence-corrected chi connectivity index (χ1v) is 9.35. The van der Waals surface area contributed by atoms with Gasteiger partial charge in [0.2, 0.25) is 0 Å². The summed E-state index contributed by atoms with van der Waals surface area (Å²) in [5, 5.41) is 8.79. The average Bonchev–Trinajstić information content (AvgIpc) is 3.11. The first kappa shape index (κ1) is 17.3. The number of rotatable bonds is 6. The van der Waals surface area contributed by atoms with Gasteiger partial charge in [0.05, 0.1) is 0 Å². The van der Waals surface area contributed by atoms with Crippen LogP contribution in [0.3, 0.4) is 0 Å². The molecule has 0 fully saturated rings. The third kappa shape index (κ3) is 3.87. The van der Waals surface area contributed by atoms with E-state index in [1.165, 1.54) is 22.3 Å². The Morgan fingerprint density at radius 2 is 1.74 bits per heavy atom. The Balaban J connectivity index is 1.51. The van der Waals surface area contributed by atoms with Crippen LogP contribution in [0.5, 0.6) is 5.75 Å². The van der Waals surface area contributed by atoms with Crippen molar-refractivity contribution in [2.75, 3.05) is 0 Å². The van der Waals surface area contributed by atoms with E-state index in [0.717, 1.165) is 24.2 Å². The van der Waals surface area contributed by atoms with Gasteiger partial charge in [-0.25, -0.2) is 0 Å². The second-order valence-corrected chi connectivity index (χ2v) is 6.92. The van der Waals surface area contributed by atoms with Gasteiger partial charge in [-0.3, -0.25) is 4.79 Å². The molecule has 0 saturated heterocycles. The largest absolute Gasteiger partial charge is 0.486 e. The third-order valence-corrected chi connectivity index (χ3v) is 5.13. The van der Waals surface area contributed by atoms with Gasteiger partial charge in [-0.05, 0) is 59.2 Å². The molecule has 0 spiro atoms. The van der Waals surface area contributed by atoms with Crippen molar-refractivity contribution in [3.05, 3.63) is 89.5 Å². The van der Waals surface area contributed by atoms with Crippen LogP contribution in [-0.4, -0.2) is 11.1 Å². The Morgan fingerprint density at radius 3 is 2.48 bits per heavy atom. The molecule has 136 valence electrons. The molecule has 3 aromatic rings. The van der Waals surface area contributed by atoms with Crippen molar-refractivity contribution >= 4 is 5.97 Å². The molecule has 3 nitrogen and oxygen atoms in total. The van der Waals surface area contributed by atoms with Crippen molar-refractivity contribution in [3.63, 3.8) is 0 Å². The lowest BCUT2D eigenvalue weighted by Crippen LogP contribution is -2.04. The van der Waals surface area contributed by atoms with Crippen LogP contribution in [0.2, 0.25) is 0 Å². The average molecular weight is 358 g/mol. The molecule has 3 aromatic carbocycles. The Kier molecular flexibility index (Phi) is 4.93. The highest BCUT2D eigenvalue weighted by Crippen LogP contribution is 2.40. The number of ether oxygens (including phenoxy) is 1. The first-order valence-electron chi connectivity index (χ1n) is 9.35. The smallest absolute Gasteiger partial charge is 0.303 e. The van der Waals surface area contributed by atoms with Gasteiger partial charge in [-0.1, -0.05) is 60.7 Å². The fraction of sp³-hybridized carbons (Fsp3) is 0.208. The van der Waals surface area contributed by atoms with Crippen LogP contribution in [0.15, 0.2) is 72.8 Å². The highest BCUT2D eigenvalue weighted by Gasteiger charge is 2.26. The molecule has 1 aliphatic carbocycles. The number of carboxylic acids is 1. The van der Waals surface area contributed by atoms with Crippen molar-refractivity contribution < 1.29 is 14.6 Å². The lowest BCUT2D eigenvalue weighted by molar-refractivity contribution is -0.136. The minimum Gasteiger partial charge on any atom is -0.486 e. The van der Waals surface area contributed by atoms with Crippen LogP contribution in [0, 0.1) is 0 Å². The van der Waals surface area contributed by atoms with E-state index in [1.54, 1.807) is 0 Å².